The lowest BCUT2D eigenvalue weighted by molar-refractivity contribution is 0.498. The van der Waals surface area contributed by atoms with Crippen LogP contribution in [0.15, 0.2) is 33.7 Å². The molecule has 0 saturated heterocycles. The summed E-state index contributed by atoms with van der Waals surface area (Å²) < 4.78 is 5.22. The van der Waals surface area contributed by atoms with Crippen molar-refractivity contribution in [3.05, 3.63) is 40.7 Å². The van der Waals surface area contributed by atoms with Crippen LogP contribution >= 0.6 is 11.3 Å². The first kappa shape index (κ1) is 9.43. The van der Waals surface area contributed by atoms with Crippen LogP contribution in [-0.4, -0.2) is 11.5 Å². The van der Waals surface area contributed by atoms with Crippen molar-refractivity contribution in [1.29, 1.82) is 0 Å². The summed E-state index contributed by atoms with van der Waals surface area (Å²) in [6.45, 7) is 1.76. The molecule has 0 atom stereocenters. The lowest BCUT2D eigenvalue weighted by Crippen LogP contribution is -2.16. The Morgan fingerprint density at radius 2 is 2.50 bits per heavy atom. The Morgan fingerprint density at radius 3 is 3.21 bits per heavy atom. The van der Waals surface area contributed by atoms with E-state index in [0.717, 1.165) is 31.0 Å². The molecule has 0 amide bonds. The highest BCUT2D eigenvalue weighted by Crippen LogP contribution is 2.01. The van der Waals surface area contributed by atoms with Gasteiger partial charge in [-0.2, -0.15) is 0 Å². The van der Waals surface area contributed by atoms with Crippen LogP contribution in [0.5, 0.6) is 0 Å². The molecule has 0 aromatic carbocycles. The predicted octanol–water partition coefficient (Wildman–Crippen LogP) is 2.07. The molecule has 74 valence electrons. The summed E-state index contributed by atoms with van der Waals surface area (Å²) in [4.78, 5) is 4.18. The number of nitrogens with zero attached hydrogens (tertiary/aromatic N) is 1. The first-order valence-electron chi connectivity index (χ1n) is 4.55. The molecule has 3 nitrogen and oxygen atoms in total. The highest BCUT2D eigenvalue weighted by atomic mass is 32.1. The second-order valence-electron chi connectivity index (χ2n) is 2.99. The van der Waals surface area contributed by atoms with E-state index in [2.05, 4.69) is 15.7 Å². The van der Waals surface area contributed by atoms with Gasteiger partial charge in [0.05, 0.1) is 17.5 Å². The van der Waals surface area contributed by atoms with Crippen molar-refractivity contribution < 1.29 is 4.42 Å². The number of rotatable bonds is 5. The third-order valence-electron chi connectivity index (χ3n) is 1.92. The van der Waals surface area contributed by atoms with Crippen LogP contribution < -0.4 is 5.32 Å². The van der Waals surface area contributed by atoms with E-state index in [0.29, 0.717) is 0 Å². The van der Waals surface area contributed by atoms with Crippen molar-refractivity contribution >= 4 is 11.3 Å². The van der Waals surface area contributed by atoms with Gasteiger partial charge in [0.15, 0.2) is 0 Å². The summed E-state index contributed by atoms with van der Waals surface area (Å²) in [6.07, 6.45) is 2.63. The quantitative estimate of drug-likeness (QED) is 0.764. The standard InChI is InChI=1S/C10H12N2OS/c1-2-10(13-5-1)3-4-11-6-9-7-14-8-12-9/h1-2,5,7-8,11H,3-4,6H2. The Balaban J connectivity index is 1.65. The minimum atomic E-state index is 0.838. The van der Waals surface area contributed by atoms with Gasteiger partial charge >= 0.3 is 0 Å². The van der Waals surface area contributed by atoms with E-state index in [-0.39, 0.29) is 0 Å². The molecule has 0 aliphatic carbocycles. The minimum Gasteiger partial charge on any atom is -0.469 e. The Hall–Kier alpha value is -1.13. The fourth-order valence-corrected chi connectivity index (χ4v) is 1.77. The van der Waals surface area contributed by atoms with E-state index < -0.39 is 0 Å². The maximum absolute atomic E-state index is 5.22. The van der Waals surface area contributed by atoms with Gasteiger partial charge in [-0.15, -0.1) is 11.3 Å². The Morgan fingerprint density at radius 1 is 1.50 bits per heavy atom. The average molecular weight is 208 g/mol. The fourth-order valence-electron chi connectivity index (χ4n) is 1.21. The van der Waals surface area contributed by atoms with E-state index in [1.807, 2.05) is 17.6 Å². The van der Waals surface area contributed by atoms with Crippen molar-refractivity contribution in [2.45, 2.75) is 13.0 Å². The molecule has 14 heavy (non-hydrogen) atoms. The van der Waals surface area contributed by atoms with Crippen LogP contribution in [0.3, 0.4) is 0 Å². The van der Waals surface area contributed by atoms with Gasteiger partial charge in [0.1, 0.15) is 5.76 Å². The number of aromatic nitrogens is 1. The number of furan rings is 1. The Bertz CT molecular complexity index is 306. The molecular weight excluding hydrogens is 196 g/mol. The van der Waals surface area contributed by atoms with Crippen LogP contribution in [0.1, 0.15) is 11.5 Å². The lowest BCUT2D eigenvalue weighted by atomic mass is 10.3. The van der Waals surface area contributed by atoms with Crippen LogP contribution in [0.4, 0.5) is 0 Å². The molecule has 1 N–H and O–H groups in total. The summed E-state index contributed by atoms with van der Waals surface area (Å²) >= 11 is 1.63. The zero-order chi connectivity index (χ0) is 9.64. The number of hydrogen-bond acceptors (Lipinski definition) is 4. The molecule has 0 fully saturated rings. The van der Waals surface area contributed by atoms with E-state index >= 15 is 0 Å². The molecule has 2 heterocycles. The van der Waals surface area contributed by atoms with Crippen molar-refractivity contribution in [2.24, 2.45) is 0 Å². The van der Waals surface area contributed by atoms with E-state index in [1.165, 1.54) is 0 Å². The predicted molar refractivity (Wildman–Crippen MR) is 56.2 cm³/mol. The number of nitrogens with one attached hydrogen (secondary N) is 1. The number of hydrogen-bond donors (Lipinski definition) is 1. The maximum Gasteiger partial charge on any atom is 0.105 e. The second kappa shape index (κ2) is 4.93. The molecular formula is C10H12N2OS. The van der Waals surface area contributed by atoms with E-state index in [9.17, 15) is 0 Å². The zero-order valence-corrected chi connectivity index (χ0v) is 8.59. The summed E-state index contributed by atoms with van der Waals surface area (Å²) in [5.41, 5.74) is 2.96. The van der Waals surface area contributed by atoms with Crippen LogP contribution in [0.2, 0.25) is 0 Å². The van der Waals surface area contributed by atoms with Gasteiger partial charge in [-0.1, -0.05) is 0 Å². The van der Waals surface area contributed by atoms with E-state index in [1.54, 1.807) is 17.6 Å². The topological polar surface area (TPSA) is 38.1 Å². The van der Waals surface area contributed by atoms with Gasteiger partial charge < -0.3 is 9.73 Å². The first-order chi connectivity index (χ1) is 6.95. The summed E-state index contributed by atoms with van der Waals surface area (Å²) in [5.74, 6) is 1.02. The monoisotopic (exact) mass is 208 g/mol. The highest BCUT2D eigenvalue weighted by Gasteiger charge is 1.96. The highest BCUT2D eigenvalue weighted by molar-refractivity contribution is 7.07. The molecule has 0 spiro atoms. The maximum atomic E-state index is 5.22. The van der Waals surface area contributed by atoms with Gasteiger partial charge in [-0.25, -0.2) is 4.98 Å². The molecule has 2 rings (SSSR count). The molecule has 0 radical (unpaired) electrons. The zero-order valence-electron chi connectivity index (χ0n) is 7.77. The van der Waals surface area contributed by atoms with Crippen molar-refractivity contribution in [3.63, 3.8) is 0 Å². The van der Waals surface area contributed by atoms with Gasteiger partial charge in [0.25, 0.3) is 0 Å². The summed E-state index contributed by atoms with van der Waals surface area (Å²) in [6, 6.07) is 3.90. The van der Waals surface area contributed by atoms with Crippen LogP contribution in [0, 0.1) is 0 Å². The molecule has 2 aromatic heterocycles. The van der Waals surface area contributed by atoms with Gasteiger partial charge in [0.2, 0.25) is 0 Å². The molecule has 0 bridgehead atoms. The van der Waals surface area contributed by atoms with Crippen LogP contribution in [0.25, 0.3) is 0 Å². The molecule has 0 aliphatic heterocycles. The second-order valence-corrected chi connectivity index (χ2v) is 3.70. The fraction of sp³-hybridized carbons (Fsp3) is 0.300. The molecule has 2 aromatic rings. The summed E-state index contributed by atoms with van der Waals surface area (Å²) in [5, 5.41) is 5.37. The normalized spacial score (nSPS) is 10.6. The largest absolute Gasteiger partial charge is 0.469 e. The molecule has 4 heteroatoms. The van der Waals surface area contributed by atoms with Crippen molar-refractivity contribution in [2.75, 3.05) is 6.54 Å². The SMILES string of the molecule is c1coc(CCNCc2cscn2)c1. The smallest absolute Gasteiger partial charge is 0.105 e. The molecule has 0 unspecified atom stereocenters. The first-order valence-corrected chi connectivity index (χ1v) is 5.49. The number of thiazole rings is 1. The molecule has 0 aliphatic rings. The van der Waals surface area contributed by atoms with Gasteiger partial charge in [-0.05, 0) is 12.1 Å². The molecule has 0 saturated carbocycles. The van der Waals surface area contributed by atoms with Gasteiger partial charge in [0, 0.05) is 24.9 Å². The Kier molecular flexibility index (Phi) is 3.32. The van der Waals surface area contributed by atoms with E-state index in [4.69, 9.17) is 4.42 Å². The summed E-state index contributed by atoms with van der Waals surface area (Å²) in [7, 11) is 0. The lowest BCUT2D eigenvalue weighted by Gasteiger charge is -1.99. The Labute approximate surface area is 86.8 Å². The van der Waals surface area contributed by atoms with Crippen molar-refractivity contribution in [3.8, 4) is 0 Å². The van der Waals surface area contributed by atoms with Gasteiger partial charge in [-0.3, -0.25) is 0 Å². The average Bonchev–Trinajstić information content (AvgIpc) is 2.86. The van der Waals surface area contributed by atoms with Crippen molar-refractivity contribution in [1.82, 2.24) is 10.3 Å². The third-order valence-corrected chi connectivity index (χ3v) is 2.55. The minimum absolute atomic E-state index is 0.838. The van der Waals surface area contributed by atoms with Crippen LogP contribution in [-0.2, 0) is 13.0 Å². The third kappa shape index (κ3) is 2.68.